The molecular weight excluding hydrogens is 282 g/mol. The number of anilines is 1. The van der Waals surface area contributed by atoms with Gasteiger partial charge in [-0.25, -0.2) is 4.98 Å². The summed E-state index contributed by atoms with van der Waals surface area (Å²) in [5, 5.41) is 6.69. The fraction of sp³-hybridized carbons (Fsp3) is 0.438. The molecule has 1 N–H and O–H groups in total. The van der Waals surface area contributed by atoms with Crippen LogP contribution >= 0.6 is 11.3 Å². The minimum absolute atomic E-state index is 0.830. The zero-order chi connectivity index (χ0) is 14.5. The first-order chi connectivity index (χ1) is 10.3. The highest BCUT2D eigenvalue weighted by Crippen LogP contribution is 2.16. The predicted molar refractivity (Wildman–Crippen MR) is 86.9 cm³/mol. The molecule has 112 valence electrons. The van der Waals surface area contributed by atoms with E-state index in [9.17, 15) is 0 Å². The molecule has 5 heteroatoms. The lowest BCUT2D eigenvalue weighted by atomic mass is 10.2. The van der Waals surface area contributed by atoms with Crippen LogP contribution in [0.5, 0.6) is 0 Å². The second-order valence-electron chi connectivity index (χ2n) is 5.25. The maximum atomic E-state index is 5.39. The van der Waals surface area contributed by atoms with E-state index in [1.165, 1.54) is 11.3 Å². The highest BCUT2D eigenvalue weighted by molar-refractivity contribution is 7.09. The first-order valence-corrected chi connectivity index (χ1v) is 8.22. The van der Waals surface area contributed by atoms with Gasteiger partial charge < -0.3 is 15.0 Å². The summed E-state index contributed by atoms with van der Waals surface area (Å²) in [7, 11) is 0. The van der Waals surface area contributed by atoms with Gasteiger partial charge in [-0.05, 0) is 24.6 Å². The summed E-state index contributed by atoms with van der Waals surface area (Å²) in [5.74, 6) is 0. The van der Waals surface area contributed by atoms with Crippen molar-refractivity contribution < 1.29 is 4.74 Å². The van der Waals surface area contributed by atoms with Crippen molar-refractivity contribution in [3.05, 3.63) is 45.9 Å². The third kappa shape index (κ3) is 4.03. The molecule has 0 unspecified atom stereocenters. The number of aryl methyl sites for hydroxylation is 1. The van der Waals surface area contributed by atoms with Crippen molar-refractivity contribution in [2.75, 3.05) is 31.2 Å². The molecule has 1 aromatic heterocycles. The molecule has 0 spiro atoms. The molecule has 1 aliphatic rings. The number of benzene rings is 1. The molecular formula is C16H21N3OS. The third-order valence-electron chi connectivity index (χ3n) is 3.58. The number of thiazole rings is 1. The smallest absolute Gasteiger partial charge is 0.107 e. The Kier molecular flexibility index (Phi) is 4.85. The molecule has 1 aromatic carbocycles. The molecule has 21 heavy (non-hydrogen) atoms. The number of nitrogens with one attached hydrogen (secondary N) is 1. The van der Waals surface area contributed by atoms with Crippen LogP contribution in [0.25, 0.3) is 0 Å². The average Bonchev–Trinajstić information content (AvgIpc) is 2.94. The van der Waals surface area contributed by atoms with Crippen LogP contribution in [0, 0.1) is 6.92 Å². The normalized spacial score (nSPS) is 15.4. The summed E-state index contributed by atoms with van der Waals surface area (Å²) in [6.45, 7) is 7.38. The molecule has 0 atom stereocenters. The number of aromatic nitrogens is 1. The fourth-order valence-corrected chi connectivity index (χ4v) is 3.19. The van der Waals surface area contributed by atoms with E-state index < -0.39 is 0 Å². The Morgan fingerprint density at radius 1 is 1.19 bits per heavy atom. The van der Waals surface area contributed by atoms with Crippen molar-refractivity contribution in [1.29, 1.82) is 0 Å². The van der Waals surface area contributed by atoms with Gasteiger partial charge >= 0.3 is 0 Å². The van der Waals surface area contributed by atoms with Gasteiger partial charge in [-0.1, -0.05) is 12.1 Å². The van der Waals surface area contributed by atoms with E-state index in [1.54, 1.807) is 11.3 Å². The number of rotatable bonds is 5. The van der Waals surface area contributed by atoms with Crippen LogP contribution in [0.2, 0.25) is 0 Å². The van der Waals surface area contributed by atoms with Crippen LogP contribution < -0.4 is 10.2 Å². The van der Waals surface area contributed by atoms with E-state index in [2.05, 4.69) is 44.8 Å². The lowest BCUT2D eigenvalue weighted by Gasteiger charge is -2.28. The van der Waals surface area contributed by atoms with Crippen molar-refractivity contribution in [2.24, 2.45) is 0 Å². The van der Waals surface area contributed by atoms with Crippen LogP contribution in [0.4, 0.5) is 5.69 Å². The van der Waals surface area contributed by atoms with Gasteiger partial charge in [0.2, 0.25) is 0 Å². The van der Waals surface area contributed by atoms with Crippen LogP contribution in [0.15, 0.2) is 29.6 Å². The Balaban J connectivity index is 1.49. The minimum atomic E-state index is 0.830. The Bertz CT molecular complexity index is 561. The maximum absolute atomic E-state index is 5.39. The maximum Gasteiger partial charge on any atom is 0.107 e. The largest absolute Gasteiger partial charge is 0.378 e. The summed E-state index contributed by atoms with van der Waals surface area (Å²) < 4.78 is 5.39. The fourth-order valence-electron chi connectivity index (χ4n) is 2.44. The first kappa shape index (κ1) is 14.5. The van der Waals surface area contributed by atoms with Gasteiger partial charge in [0.15, 0.2) is 0 Å². The Morgan fingerprint density at radius 3 is 2.62 bits per heavy atom. The van der Waals surface area contributed by atoms with Gasteiger partial charge in [-0.2, -0.15) is 0 Å². The molecule has 0 bridgehead atoms. The van der Waals surface area contributed by atoms with E-state index in [1.807, 2.05) is 6.92 Å². The molecule has 4 nitrogen and oxygen atoms in total. The van der Waals surface area contributed by atoms with Gasteiger partial charge in [0, 0.05) is 42.9 Å². The van der Waals surface area contributed by atoms with Crippen LogP contribution in [0.1, 0.15) is 16.3 Å². The predicted octanol–water partition coefficient (Wildman–Crippen LogP) is 2.58. The highest BCUT2D eigenvalue weighted by atomic mass is 32.1. The van der Waals surface area contributed by atoms with E-state index in [4.69, 9.17) is 4.74 Å². The van der Waals surface area contributed by atoms with Gasteiger partial charge in [0.25, 0.3) is 0 Å². The molecule has 0 saturated carbocycles. The second kappa shape index (κ2) is 7.02. The molecule has 2 aromatic rings. The van der Waals surface area contributed by atoms with Gasteiger partial charge in [-0.15, -0.1) is 11.3 Å². The van der Waals surface area contributed by atoms with Crippen LogP contribution in [-0.4, -0.2) is 31.3 Å². The summed E-state index contributed by atoms with van der Waals surface area (Å²) >= 11 is 1.71. The van der Waals surface area contributed by atoms with Crippen molar-refractivity contribution >= 4 is 17.0 Å². The SMILES string of the molecule is Cc1csc(CNCc2ccc(N3CCOCC3)cc2)n1. The molecule has 1 saturated heterocycles. The molecule has 1 aliphatic heterocycles. The number of nitrogens with zero attached hydrogens (tertiary/aromatic N) is 2. The molecule has 0 amide bonds. The lowest BCUT2D eigenvalue weighted by Crippen LogP contribution is -2.36. The summed E-state index contributed by atoms with van der Waals surface area (Å²) in [6.07, 6.45) is 0. The van der Waals surface area contributed by atoms with Gasteiger partial charge in [-0.3, -0.25) is 0 Å². The van der Waals surface area contributed by atoms with E-state index in [0.717, 1.165) is 50.1 Å². The number of morpholine rings is 1. The zero-order valence-electron chi connectivity index (χ0n) is 12.3. The van der Waals surface area contributed by atoms with Gasteiger partial charge in [0.05, 0.1) is 13.2 Å². The van der Waals surface area contributed by atoms with Crippen molar-refractivity contribution in [2.45, 2.75) is 20.0 Å². The molecule has 3 rings (SSSR count). The van der Waals surface area contributed by atoms with E-state index in [-0.39, 0.29) is 0 Å². The van der Waals surface area contributed by atoms with Crippen LogP contribution in [0.3, 0.4) is 0 Å². The van der Waals surface area contributed by atoms with Crippen LogP contribution in [-0.2, 0) is 17.8 Å². The quantitative estimate of drug-likeness (QED) is 0.921. The standard InChI is InChI=1S/C16H21N3OS/c1-13-12-21-16(18-13)11-17-10-14-2-4-15(5-3-14)19-6-8-20-9-7-19/h2-5,12,17H,6-11H2,1H3. The summed E-state index contributed by atoms with van der Waals surface area (Å²) in [4.78, 5) is 6.83. The highest BCUT2D eigenvalue weighted by Gasteiger charge is 2.10. The Morgan fingerprint density at radius 2 is 1.95 bits per heavy atom. The summed E-state index contributed by atoms with van der Waals surface area (Å²) in [5.41, 5.74) is 3.70. The minimum Gasteiger partial charge on any atom is -0.378 e. The van der Waals surface area contributed by atoms with E-state index >= 15 is 0 Å². The Hall–Kier alpha value is -1.43. The van der Waals surface area contributed by atoms with Gasteiger partial charge in [0.1, 0.15) is 5.01 Å². The van der Waals surface area contributed by atoms with E-state index in [0.29, 0.717) is 0 Å². The molecule has 1 fully saturated rings. The van der Waals surface area contributed by atoms with Crippen molar-refractivity contribution in [1.82, 2.24) is 10.3 Å². The third-order valence-corrected chi connectivity index (χ3v) is 4.55. The molecule has 0 radical (unpaired) electrons. The monoisotopic (exact) mass is 303 g/mol. The summed E-state index contributed by atoms with van der Waals surface area (Å²) in [6, 6.07) is 8.81. The second-order valence-corrected chi connectivity index (χ2v) is 6.19. The molecule has 0 aliphatic carbocycles. The zero-order valence-corrected chi connectivity index (χ0v) is 13.2. The number of hydrogen-bond donors (Lipinski definition) is 1. The van der Waals surface area contributed by atoms with Crippen molar-refractivity contribution in [3.8, 4) is 0 Å². The van der Waals surface area contributed by atoms with Crippen molar-refractivity contribution in [3.63, 3.8) is 0 Å². The first-order valence-electron chi connectivity index (χ1n) is 7.34. The Labute approximate surface area is 129 Å². The topological polar surface area (TPSA) is 37.4 Å². The average molecular weight is 303 g/mol. The lowest BCUT2D eigenvalue weighted by molar-refractivity contribution is 0.122. The molecule has 2 heterocycles. The number of ether oxygens (including phenoxy) is 1. The number of hydrogen-bond acceptors (Lipinski definition) is 5.